The zero-order valence-electron chi connectivity index (χ0n) is 10.6. The standard InChI is InChI=1S/C15H18O2S/c1-11(17)18-10-13(9-16)7-12-5-6-14-3-2-4-15(14)8-12/h5-6,8-9,13H,2-4,7,10H2,1H3. The van der Waals surface area contributed by atoms with Crippen molar-refractivity contribution in [3.63, 3.8) is 0 Å². The molecule has 0 aromatic heterocycles. The molecule has 96 valence electrons. The third-order valence-electron chi connectivity index (χ3n) is 3.35. The quantitative estimate of drug-likeness (QED) is 0.765. The topological polar surface area (TPSA) is 34.1 Å². The van der Waals surface area contributed by atoms with Crippen LogP contribution in [0.2, 0.25) is 0 Å². The van der Waals surface area contributed by atoms with E-state index in [4.69, 9.17) is 0 Å². The molecule has 0 amide bonds. The van der Waals surface area contributed by atoms with E-state index in [9.17, 15) is 9.59 Å². The zero-order chi connectivity index (χ0) is 13.0. The molecule has 1 atom stereocenters. The van der Waals surface area contributed by atoms with Crippen molar-refractivity contribution in [3.05, 3.63) is 34.9 Å². The molecule has 0 fully saturated rings. The van der Waals surface area contributed by atoms with Crippen molar-refractivity contribution in [2.24, 2.45) is 5.92 Å². The maximum absolute atomic E-state index is 11.0. The second-order valence-corrected chi connectivity index (χ2v) is 6.06. The van der Waals surface area contributed by atoms with Gasteiger partial charge in [0.2, 0.25) is 0 Å². The van der Waals surface area contributed by atoms with E-state index in [1.807, 2.05) is 0 Å². The van der Waals surface area contributed by atoms with Crippen LogP contribution in [-0.4, -0.2) is 17.2 Å². The minimum Gasteiger partial charge on any atom is -0.303 e. The monoisotopic (exact) mass is 262 g/mol. The predicted molar refractivity (Wildman–Crippen MR) is 74.9 cm³/mol. The first kappa shape index (κ1) is 13.3. The van der Waals surface area contributed by atoms with Crippen LogP contribution in [0.1, 0.15) is 30.0 Å². The largest absolute Gasteiger partial charge is 0.303 e. The Kier molecular flexibility index (Phi) is 4.59. The van der Waals surface area contributed by atoms with Crippen molar-refractivity contribution >= 4 is 23.2 Å². The Bertz CT molecular complexity index is 454. The molecular formula is C15H18O2S. The molecule has 1 unspecified atom stereocenters. The predicted octanol–water partition coefficient (Wildman–Crippen LogP) is 2.81. The highest BCUT2D eigenvalue weighted by molar-refractivity contribution is 8.13. The number of benzene rings is 1. The summed E-state index contributed by atoms with van der Waals surface area (Å²) < 4.78 is 0. The molecule has 2 rings (SSSR count). The van der Waals surface area contributed by atoms with Crippen molar-refractivity contribution < 1.29 is 9.59 Å². The van der Waals surface area contributed by atoms with E-state index in [1.54, 1.807) is 6.92 Å². The lowest BCUT2D eigenvalue weighted by Gasteiger charge is -2.10. The third kappa shape index (κ3) is 3.45. The van der Waals surface area contributed by atoms with Crippen LogP contribution in [-0.2, 0) is 28.9 Å². The number of hydrogen-bond acceptors (Lipinski definition) is 3. The fourth-order valence-electron chi connectivity index (χ4n) is 2.43. The van der Waals surface area contributed by atoms with E-state index < -0.39 is 0 Å². The number of carbonyl (C=O) groups excluding carboxylic acids is 2. The summed E-state index contributed by atoms with van der Waals surface area (Å²) in [5, 5.41) is 0.0794. The summed E-state index contributed by atoms with van der Waals surface area (Å²) in [5.41, 5.74) is 4.12. The Morgan fingerprint density at radius 3 is 2.89 bits per heavy atom. The van der Waals surface area contributed by atoms with Gasteiger partial charge in [-0.2, -0.15) is 0 Å². The number of aryl methyl sites for hydroxylation is 2. The second kappa shape index (κ2) is 6.19. The van der Waals surface area contributed by atoms with Gasteiger partial charge in [0.25, 0.3) is 0 Å². The van der Waals surface area contributed by atoms with Crippen molar-refractivity contribution in [2.75, 3.05) is 5.75 Å². The molecule has 0 N–H and O–H groups in total. The molecule has 1 aromatic carbocycles. The fraction of sp³-hybridized carbons (Fsp3) is 0.467. The van der Waals surface area contributed by atoms with Crippen LogP contribution in [0.5, 0.6) is 0 Å². The van der Waals surface area contributed by atoms with Crippen LogP contribution in [0.25, 0.3) is 0 Å². The first-order chi connectivity index (χ1) is 8.69. The molecule has 1 aromatic rings. The Morgan fingerprint density at radius 2 is 2.17 bits per heavy atom. The van der Waals surface area contributed by atoms with Gasteiger partial charge in [0, 0.05) is 18.6 Å². The molecule has 0 bridgehead atoms. The van der Waals surface area contributed by atoms with Crippen LogP contribution in [0.4, 0.5) is 0 Å². The van der Waals surface area contributed by atoms with Crippen LogP contribution in [0.3, 0.4) is 0 Å². The van der Waals surface area contributed by atoms with Crippen LogP contribution in [0.15, 0.2) is 18.2 Å². The molecule has 0 saturated heterocycles. The maximum Gasteiger partial charge on any atom is 0.185 e. The van der Waals surface area contributed by atoms with Gasteiger partial charge in [0.15, 0.2) is 5.12 Å². The molecule has 0 aliphatic heterocycles. The summed E-state index contributed by atoms with van der Waals surface area (Å²) in [6.45, 7) is 1.54. The number of rotatable bonds is 5. The smallest absolute Gasteiger partial charge is 0.185 e. The van der Waals surface area contributed by atoms with Crippen LogP contribution >= 0.6 is 11.8 Å². The molecule has 1 aliphatic rings. The Morgan fingerprint density at radius 1 is 1.39 bits per heavy atom. The average Bonchev–Trinajstić information content (AvgIpc) is 2.81. The average molecular weight is 262 g/mol. The Hall–Kier alpha value is -1.09. The Balaban J connectivity index is 1.98. The number of aldehydes is 1. The van der Waals surface area contributed by atoms with E-state index in [0.717, 1.165) is 19.1 Å². The molecule has 0 heterocycles. The Labute approximate surface area is 112 Å². The van der Waals surface area contributed by atoms with Crippen LogP contribution in [0, 0.1) is 5.92 Å². The summed E-state index contributed by atoms with van der Waals surface area (Å²) >= 11 is 1.24. The molecule has 0 spiro atoms. The normalized spacial score (nSPS) is 15.2. The van der Waals surface area contributed by atoms with Gasteiger partial charge in [0.1, 0.15) is 6.29 Å². The summed E-state index contributed by atoms with van der Waals surface area (Å²) in [5.74, 6) is 0.536. The molecule has 18 heavy (non-hydrogen) atoms. The van der Waals surface area contributed by atoms with Gasteiger partial charge in [-0.15, -0.1) is 0 Å². The molecule has 3 heteroatoms. The number of thioether (sulfide) groups is 1. The van der Waals surface area contributed by atoms with Gasteiger partial charge >= 0.3 is 0 Å². The minimum absolute atomic E-state index is 0.0571. The molecule has 2 nitrogen and oxygen atoms in total. The van der Waals surface area contributed by atoms with E-state index >= 15 is 0 Å². The van der Waals surface area contributed by atoms with Gasteiger partial charge in [0.05, 0.1) is 0 Å². The van der Waals surface area contributed by atoms with E-state index in [1.165, 1.54) is 41.3 Å². The van der Waals surface area contributed by atoms with Crippen molar-refractivity contribution in [3.8, 4) is 0 Å². The molecule has 1 aliphatic carbocycles. The highest BCUT2D eigenvalue weighted by Crippen LogP contribution is 2.24. The summed E-state index contributed by atoms with van der Waals surface area (Å²) in [4.78, 5) is 21.9. The van der Waals surface area contributed by atoms with Gasteiger partial charge in [-0.25, -0.2) is 0 Å². The highest BCUT2D eigenvalue weighted by atomic mass is 32.2. The molecule has 0 saturated carbocycles. The maximum atomic E-state index is 11.0. The van der Waals surface area contributed by atoms with Crippen LogP contribution < -0.4 is 0 Å². The summed E-state index contributed by atoms with van der Waals surface area (Å²) in [7, 11) is 0. The lowest BCUT2D eigenvalue weighted by atomic mass is 9.99. The summed E-state index contributed by atoms with van der Waals surface area (Å²) in [6.07, 6.45) is 5.32. The first-order valence-electron chi connectivity index (χ1n) is 6.38. The first-order valence-corrected chi connectivity index (χ1v) is 7.37. The van der Waals surface area contributed by atoms with E-state index in [0.29, 0.717) is 5.75 Å². The van der Waals surface area contributed by atoms with E-state index in [2.05, 4.69) is 18.2 Å². The van der Waals surface area contributed by atoms with Gasteiger partial charge < -0.3 is 4.79 Å². The van der Waals surface area contributed by atoms with Crippen molar-refractivity contribution in [1.29, 1.82) is 0 Å². The summed E-state index contributed by atoms with van der Waals surface area (Å²) in [6, 6.07) is 6.55. The molecular weight excluding hydrogens is 244 g/mol. The third-order valence-corrected chi connectivity index (χ3v) is 4.36. The zero-order valence-corrected chi connectivity index (χ0v) is 11.5. The SMILES string of the molecule is CC(=O)SCC(C=O)Cc1ccc2c(c1)CCC2. The van der Waals surface area contributed by atoms with Gasteiger partial charge in [-0.3, -0.25) is 4.79 Å². The van der Waals surface area contributed by atoms with E-state index in [-0.39, 0.29) is 11.0 Å². The lowest BCUT2D eigenvalue weighted by Crippen LogP contribution is -2.10. The van der Waals surface area contributed by atoms with Crippen molar-refractivity contribution in [2.45, 2.75) is 32.6 Å². The van der Waals surface area contributed by atoms with Gasteiger partial charge in [-0.1, -0.05) is 30.0 Å². The van der Waals surface area contributed by atoms with Gasteiger partial charge in [-0.05, 0) is 42.4 Å². The lowest BCUT2D eigenvalue weighted by molar-refractivity contribution is -0.110. The minimum atomic E-state index is -0.0571. The number of carbonyl (C=O) groups is 2. The second-order valence-electron chi connectivity index (χ2n) is 4.86. The molecule has 0 radical (unpaired) electrons. The highest BCUT2D eigenvalue weighted by Gasteiger charge is 2.14. The number of fused-ring (bicyclic) bond motifs is 1. The van der Waals surface area contributed by atoms with Crippen molar-refractivity contribution in [1.82, 2.24) is 0 Å². The number of hydrogen-bond donors (Lipinski definition) is 0. The fourth-order valence-corrected chi connectivity index (χ4v) is 3.07.